The summed E-state index contributed by atoms with van der Waals surface area (Å²) in [7, 11) is 0. The highest BCUT2D eigenvalue weighted by atomic mass is 15.1. The summed E-state index contributed by atoms with van der Waals surface area (Å²) in [6, 6.07) is 12.6. The van der Waals surface area contributed by atoms with Crippen LogP contribution in [0.25, 0.3) is 0 Å². The van der Waals surface area contributed by atoms with Gasteiger partial charge in [-0.25, -0.2) is 9.97 Å². The summed E-state index contributed by atoms with van der Waals surface area (Å²) in [5.74, 6) is 2.79. The summed E-state index contributed by atoms with van der Waals surface area (Å²) in [5.41, 5.74) is 7.18. The molecule has 104 valence electrons. The van der Waals surface area contributed by atoms with Crippen LogP contribution in [-0.4, -0.2) is 16.0 Å². The Morgan fingerprint density at radius 3 is 2.70 bits per heavy atom. The molecule has 20 heavy (non-hydrogen) atoms. The van der Waals surface area contributed by atoms with Gasteiger partial charge in [0.15, 0.2) is 0 Å². The second kappa shape index (κ2) is 5.49. The fraction of sp³-hybridized carbons (Fsp3) is 0.375. The molecule has 1 aliphatic rings. The lowest BCUT2D eigenvalue weighted by Gasteiger charge is -2.15. The maximum absolute atomic E-state index is 5.86. The van der Waals surface area contributed by atoms with Crippen LogP contribution in [0.3, 0.4) is 0 Å². The zero-order chi connectivity index (χ0) is 13.9. The average Bonchev–Trinajstić information content (AvgIpc) is 3.23. The Bertz CT molecular complexity index is 578. The van der Waals surface area contributed by atoms with Crippen LogP contribution in [0.2, 0.25) is 0 Å². The molecule has 2 aromatic rings. The molecule has 0 saturated heterocycles. The van der Waals surface area contributed by atoms with Gasteiger partial charge < -0.3 is 11.1 Å². The average molecular weight is 268 g/mol. The molecule has 3 rings (SSSR count). The minimum absolute atomic E-state index is 0.304. The van der Waals surface area contributed by atoms with E-state index in [1.165, 1.54) is 18.4 Å². The fourth-order valence-corrected chi connectivity index (χ4v) is 2.35. The number of hydrogen-bond acceptors (Lipinski definition) is 4. The molecule has 0 amide bonds. The Morgan fingerprint density at radius 1 is 1.25 bits per heavy atom. The molecule has 1 heterocycles. The van der Waals surface area contributed by atoms with Crippen LogP contribution in [0.5, 0.6) is 0 Å². The first-order valence-corrected chi connectivity index (χ1v) is 7.15. The van der Waals surface area contributed by atoms with Crippen molar-refractivity contribution >= 4 is 11.6 Å². The minimum atomic E-state index is 0.304. The van der Waals surface area contributed by atoms with E-state index < -0.39 is 0 Å². The molecular weight excluding hydrogens is 248 g/mol. The van der Waals surface area contributed by atoms with Crippen molar-refractivity contribution in [2.45, 2.75) is 38.1 Å². The van der Waals surface area contributed by atoms with Crippen LogP contribution >= 0.6 is 0 Å². The first-order chi connectivity index (χ1) is 9.70. The summed E-state index contributed by atoms with van der Waals surface area (Å²) in [4.78, 5) is 8.89. The third-order valence-electron chi connectivity index (χ3n) is 3.48. The Morgan fingerprint density at radius 2 is 2.00 bits per heavy atom. The van der Waals surface area contributed by atoms with E-state index in [2.05, 4.69) is 46.5 Å². The predicted molar refractivity (Wildman–Crippen MR) is 81.7 cm³/mol. The van der Waals surface area contributed by atoms with Crippen molar-refractivity contribution in [1.82, 2.24) is 9.97 Å². The summed E-state index contributed by atoms with van der Waals surface area (Å²) in [5, 5.41) is 3.42. The smallest absolute Gasteiger partial charge is 0.136 e. The molecule has 0 aliphatic heterocycles. The van der Waals surface area contributed by atoms with Crippen molar-refractivity contribution in [2.24, 2.45) is 0 Å². The summed E-state index contributed by atoms with van der Waals surface area (Å²) in [6.07, 6.45) is 3.33. The van der Waals surface area contributed by atoms with Gasteiger partial charge in [-0.05, 0) is 31.7 Å². The number of nitrogens with one attached hydrogen (secondary N) is 1. The van der Waals surface area contributed by atoms with E-state index >= 15 is 0 Å². The van der Waals surface area contributed by atoms with Crippen LogP contribution in [-0.2, 0) is 6.42 Å². The third kappa shape index (κ3) is 3.26. The first kappa shape index (κ1) is 12.9. The Kier molecular flexibility index (Phi) is 3.54. The number of nitrogens with zero attached hydrogens (tertiary/aromatic N) is 2. The van der Waals surface area contributed by atoms with Crippen molar-refractivity contribution in [3.05, 3.63) is 47.8 Å². The van der Waals surface area contributed by atoms with Crippen LogP contribution in [0.15, 0.2) is 36.4 Å². The standard InChI is InChI=1S/C16H20N4/c1-11(9-12-5-3-2-4-6-12)18-15-10-14(17)19-16(20-15)13-7-8-13/h2-6,10-11,13H,7-9H2,1H3,(H3,17,18,19,20). The zero-order valence-corrected chi connectivity index (χ0v) is 11.7. The molecule has 1 atom stereocenters. The Balaban J connectivity index is 1.67. The summed E-state index contributed by atoms with van der Waals surface area (Å²) in [6.45, 7) is 2.15. The molecule has 3 N–H and O–H groups in total. The van der Waals surface area contributed by atoms with Crippen molar-refractivity contribution in [3.8, 4) is 0 Å². The summed E-state index contributed by atoms with van der Waals surface area (Å²) >= 11 is 0. The van der Waals surface area contributed by atoms with Crippen LogP contribution in [0, 0.1) is 0 Å². The van der Waals surface area contributed by atoms with Gasteiger partial charge in [0, 0.05) is 18.0 Å². The molecular formula is C16H20N4. The monoisotopic (exact) mass is 268 g/mol. The molecule has 1 unspecified atom stereocenters. The highest BCUT2D eigenvalue weighted by Crippen LogP contribution is 2.38. The van der Waals surface area contributed by atoms with E-state index in [-0.39, 0.29) is 0 Å². The lowest BCUT2D eigenvalue weighted by molar-refractivity contribution is 0.779. The lowest BCUT2D eigenvalue weighted by Crippen LogP contribution is -2.19. The number of anilines is 2. The topological polar surface area (TPSA) is 63.8 Å². The number of aromatic nitrogens is 2. The molecule has 1 aromatic carbocycles. The van der Waals surface area contributed by atoms with Crippen LogP contribution in [0.4, 0.5) is 11.6 Å². The van der Waals surface area contributed by atoms with E-state index in [1.807, 2.05) is 12.1 Å². The minimum Gasteiger partial charge on any atom is -0.384 e. The van der Waals surface area contributed by atoms with Crippen LogP contribution in [0.1, 0.15) is 37.1 Å². The zero-order valence-electron chi connectivity index (χ0n) is 11.7. The molecule has 1 fully saturated rings. The van der Waals surface area contributed by atoms with Crippen molar-refractivity contribution in [2.75, 3.05) is 11.1 Å². The predicted octanol–water partition coefficient (Wildman–Crippen LogP) is 2.98. The first-order valence-electron chi connectivity index (χ1n) is 7.15. The number of nitrogens with two attached hydrogens (primary N) is 1. The van der Waals surface area contributed by atoms with Gasteiger partial charge in [0.05, 0.1) is 0 Å². The van der Waals surface area contributed by atoms with Gasteiger partial charge in [-0.3, -0.25) is 0 Å². The van der Waals surface area contributed by atoms with E-state index in [0.29, 0.717) is 17.8 Å². The van der Waals surface area contributed by atoms with Gasteiger partial charge in [-0.1, -0.05) is 30.3 Å². The number of hydrogen-bond donors (Lipinski definition) is 2. The van der Waals surface area contributed by atoms with Crippen molar-refractivity contribution in [1.29, 1.82) is 0 Å². The maximum Gasteiger partial charge on any atom is 0.136 e. The molecule has 0 radical (unpaired) electrons. The quantitative estimate of drug-likeness (QED) is 0.875. The van der Waals surface area contributed by atoms with E-state index in [9.17, 15) is 0 Å². The lowest BCUT2D eigenvalue weighted by atomic mass is 10.1. The second-order valence-electron chi connectivity index (χ2n) is 5.55. The largest absolute Gasteiger partial charge is 0.384 e. The number of rotatable bonds is 5. The van der Waals surface area contributed by atoms with Gasteiger partial charge in [0.2, 0.25) is 0 Å². The van der Waals surface area contributed by atoms with Crippen molar-refractivity contribution in [3.63, 3.8) is 0 Å². The van der Waals surface area contributed by atoms with Gasteiger partial charge in [0.1, 0.15) is 17.5 Å². The van der Waals surface area contributed by atoms with Crippen molar-refractivity contribution < 1.29 is 0 Å². The molecule has 0 spiro atoms. The highest BCUT2D eigenvalue weighted by Gasteiger charge is 2.27. The van der Waals surface area contributed by atoms with Gasteiger partial charge in [-0.15, -0.1) is 0 Å². The second-order valence-corrected chi connectivity index (χ2v) is 5.55. The van der Waals surface area contributed by atoms with Gasteiger partial charge in [0.25, 0.3) is 0 Å². The molecule has 1 aromatic heterocycles. The molecule has 0 bridgehead atoms. The fourth-order valence-electron chi connectivity index (χ4n) is 2.35. The van der Waals surface area contributed by atoms with Gasteiger partial charge >= 0.3 is 0 Å². The highest BCUT2D eigenvalue weighted by molar-refractivity contribution is 5.46. The maximum atomic E-state index is 5.86. The third-order valence-corrected chi connectivity index (χ3v) is 3.48. The Hall–Kier alpha value is -2.10. The summed E-state index contributed by atoms with van der Waals surface area (Å²) < 4.78 is 0. The Labute approximate surface area is 119 Å². The van der Waals surface area contributed by atoms with E-state index in [4.69, 9.17) is 5.73 Å². The normalized spacial score (nSPS) is 15.8. The van der Waals surface area contributed by atoms with E-state index in [0.717, 1.165) is 18.1 Å². The van der Waals surface area contributed by atoms with E-state index in [1.54, 1.807) is 0 Å². The van der Waals surface area contributed by atoms with Crippen LogP contribution < -0.4 is 11.1 Å². The molecule has 4 nitrogen and oxygen atoms in total. The van der Waals surface area contributed by atoms with Gasteiger partial charge in [-0.2, -0.15) is 0 Å². The molecule has 4 heteroatoms. The molecule has 1 saturated carbocycles. The number of nitrogen functional groups attached to an aromatic ring is 1. The SMILES string of the molecule is CC(Cc1ccccc1)Nc1cc(N)nc(C2CC2)n1. The number of benzene rings is 1. The molecule has 1 aliphatic carbocycles.